The van der Waals surface area contributed by atoms with Gasteiger partial charge in [0.15, 0.2) is 11.5 Å². The monoisotopic (exact) mass is 466 g/mol. The number of carbonyl (C=O) groups is 1. The molecule has 2 aromatic rings. The first-order valence-corrected chi connectivity index (χ1v) is 12.0. The molecule has 1 amide bonds. The number of hydrogen-bond acceptors (Lipinski definition) is 7. The number of carbonyl (C=O) groups excluding carboxylic acids is 1. The molecule has 0 radical (unpaired) electrons. The SMILES string of the molecule is N#Cc1ccc(OC2CCC(NC(=O)c3ccc(N4CC5CCC(C4)N5)nn3)CC2)cc1Cl. The van der Waals surface area contributed by atoms with Crippen molar-refractivity contribution in [1.29, 1.82) is 5.26 Å². The Labute approximate surface area is 198 Å². The minimum absolute atomic E-state index is 0.0653. The van der Waals surface area contributed by atoms with Crippen molar-refractivity contribution in [2.75, 3.05) is 18.0 Å². The van der Waals surface area contributed by atoms with Crippen molar-refractivity contribution >= 4 is 23.3 Å². The molecule has 8 nitrogen and oxygen atoms in total. The topological polar surface area (TPSA) is 103 Å². The van der Waals surface area contributed by atoms with Gasteiger partial charge >= 0.3 is 0 Å². The lowest BCUT2D eigenvalue weighted by atomic mass is 9.93. The maximum atomic E-state index is 12.7. The second-order valence-electron chi connectivity index (χ2n) is 9.14. The van der Waals surface area contributed by atoms with E-state index in [9.17, 15) is 4.79 Å². The quantitative estimate of drug-likeness (QED) is 0.697. The van der Waals surface area contributed by atoms with E-state index >= 15 is 0 Å². The van der Waals surface area contributed by atoms with E-state index < -0.39 is 0 Å². The van der Waals surface area contributed by atoms with Crippen molar-refractivity contribution in [2.24, 2.45) is 0 Å². The Kier molecular flexibility index (Phi) is 6.34. The molecular weight excluding hydrogens is 440 g/mol. The number of hydrogen-bond donors (Lipinski definition) is 2. The molecule has 33 heavy (non-hydrogen) atoms. The van der Waals surface area contributed by atoms with Crippen LogP contribution in [0, 0.1) is 11.3 Å². The van der Waals surface area contributed by atoms with E-state index in [2.05, 4.69) is 25.7 Å². The highest BCUT2D eigenvalue weighted by Gasteiger charge is 2.33. The summed E-state index contributed by atoms with van der Waals surface area (Å²) in [5.41, 5.74) is 0.786. The van der Waals surface area contributed by atoms with Crippen LogP contribution in [0.4, 0.5) is 5.82 Å². The molecule has 0 spiro atoms. The third kappa shape index (κ3) is 5.05. The van der Waals surface area contributed by atoms with Gasteiger partial charge in [-0.05, 0) is 62.8 Å². The molecule has 1 aromatic heterocycles. The van der Waals surface area contributed by atoms with Crippen molar-refractivity contribution in [1.82, 2.24) is 20.8 Å². The Morgan fingerprint density at radius 1 is 1.09 bits per heavy atom. The Balaban J connectivity index is 1.10. The van der Waals surface area contributed by atoms with Crippen LogP contribution in [0.5, 0.6) is 5.75 Å². The lowest BCUT2D eigenvalue weighted by Gasteiger charge is -2.33. The zero-order valence-electron chi connectivity index (χ0n) is 18.3. The number of nitriles is 1. The number of nitrogens with one attached hydrogen (secondary N) is 2. The van der Waals surface area contributed by atoms with Gasteiger partial charge in [0, 0.05) is 37.3 Å². The summed E-state index contributed by atoms with van der Waals surface area (Å²) >= 11 is 6.09. The third-order valence-electron chi connectivity index (χ3n) is 6.80. The van der Waals surface area contributed by atoms with E-state index in [0.717, 1.165) is 44.6 Å². The summed E-state index contributed by atoms with van der Waals surface area (Å²) in [5, 5.41) is 24.6. The molecule has 3 fully saturated rings. The lowest BCUT2D eigenvalue weighted by Crippen LogP contribution is -2.51. The van der Waals surface area contributed by atoms with Crippen LogP contribution in [0.1, 0.15) is 54.6 Å². The first-order valence-electron chi connectivity index (χ1n) is 11.6. The zero-order chi connectivity index (χ0) is 22.8. The fourth-order valence-corrected chi connectivity index (χ4v) is 5.25. The van der Waals surface area contributed by atoms with Gasteiger partial charge < -0.3 is 20.3 Å². The van der Waals surface area contributed by atoms with Gasteiger partial charge in [-0.15, -0.1) is 10.2 Å². The van der Waals surface area contributed by atoms with Gasteiger partial charge in [0.05, 0.1) is 16.7 Å². The van der Waals surface area contributed by atoms with E-state index in [1.54, 1.807) is 24.3 Å². The summed E-state index contributed by atoms with van der Waals surface area (Å²) in [6, 6.07) is 12.0. The molecule has 2 saturated heterocycles. The zero-order valence-corrected chi connectivity index (χ0v) is 19.1. The first kappa shape index (κ1) is 21.9. The van der Waals surface area contributed by atoms with E-state index in [0.29, 0.717) is 34.1 Å². The number of nitrogens with zero attached hydrogens (tertiary/aromatic N) is 4. The Hall–Kier alpha value is -2.89. The van der Waals surface area contributed by atoms with Crippen LogP contribution in [-0.2, 0) is 0 Å². The van der Waals surface area contributed by atoms with Crippen LogP contribution in [0.25, 0.3) is 0 Å². The van der Waals surface area contributed by atoms with E-state index in [-0.39, 0.29) is 18.1 Å². The highest BCUT2D eigenvalue weighted by atomic mass is 35.5. The Morgan fingerprint density at radius 3 is 2.48 bits per heavy atom. The summed E-state index contributed by atoms with van der Waals surface area (Å²) in [6.07, 6.45) is 5.81. The number of anilines is 1. The molecule has 1 aliphatic carbocycles. The van der Waals surface area contributed by atoms with Gasteiger partial charge in [-0.3, -0.25) is 4.79 Å². The van der Waals surface area contributed by atoms with Crippen LogP contribution in [0.2, 0.25) is 5.02 Å². The first-order chi connectivity index (χ1) is 16.1. The predicted octanol–water partition coefficient (Wildman–Crippen LogP) is 3.06. The molecule has 3 aliphatic rings. The number of rotatable bonds is 5. The van der Waals surface area contributed by atoms with Gasteiger partial charge in [-0.1, -0.05) is 11.6 Å². The molecule has 2 N–H and O–H groups in total. The second-order valence-corrected chi connectivity index (χ2v) is 9.55. The summed E-state index contributed by atoms with van der Waals surface area (Å²) in [6.45, 7) is 1.88. The minimum atomic E-state index is -0.183. The second kappa shape index (κ2) is 9.54. The number of ether oxygens (including phenoxy) is 1. The predicted molar refractivity (Wildman–Crippen MR) is 124 cm³/mol. The number of fused-ring (bicyclic) bond motifs is 2. The van der Waals surface area contributed by atoms with Gasteiger partial charge in [-0.2, -0.15) is 5.26 Å². The normalized spacial score (nSPS) is 26.5. The highest BCUT2D eigenvalue weighted by Crippen LogP contribution is 2.28. The molecule has 2 atom stereocenters. The Morgan fingerprint density at radius 2 is 1.85 bits per heavy atom. The summed E-state index contributed by atoms with van der Waals surface area (Å²) < 4.78 is 6.03. The van der Waals surface area contributed by atoms with Crippen molar-refractivity contribution in [3.05, 3.63) is 46.6 Å². The molecule has 9 heteroatoms. The fourth-order valence-electron chi connectivity index (χ4n) is 5.04. The van der Waals surface area contributed by atoms with Crippen molar-refractivity contribution in [3.8, 4) is 11.8 Å². The molecule has 1 aromatic carbocycles. The van der Waals surface area contributed by atoms with Crippen LogP contribution >= 0.6 is 11.6 Å². The standard InChI is InChI=1S/C24H27ClN6O2/c25-21-11-20(6-1-15(21)12-26)33-19-7-4-16(5-8-19)28-24(32)22-9-10-23(30-29-22)31-13-17-2-3-18(14-31)27-17/h1,6,9-11,16-19,27H,2-5,7-8,13-14H2,(H,28,32). The summed E-state index contributed by atoms with van der Waals surface area (Å²) in [4.78, 5) is 14.9. The molecule has 5 rings (SSSR count). The van der Waals surface area contributed by atoms with Crippen molar-refractivity contribution < 1.29 is 9.53 Å². The molecular formula is C24H27ClN6O2. The average molecular weight is 467 g/mol. The van der Waals surface area contributed by atoms with Gasteiger partial charge in [0.25, 0.3) is 5.91 Å². The number of halogens is 1. The lowest BCUT2D eigenvalue weighted by molar-refractivity contribution is 0.0888. The molecule has 2 aliphatic heterocycles. The fraction of sp³-hybridized carbons (Fsp3) is 0.500. The van der Waals surface area contributed by atoms with E-state index in [1.165, 1.54) is 12.8 Å². The van der Waals surface area contributed by atoms with Crippen molar-refractivity contribution in [2.45, 2.75) is 62.8 Å². The van der Waals surface area contributed by atoms with Crippen LogP contribution in [0.3, 0.4) is 0 Å². The highest BCUT2D eigenvalue weighted by molar-refractivity contribution is 6.31. The van der Waals surface area contributed by atoms with Crippen LogP contribution in [0.15, 0.2) is 30.3 Å². The number of piperazine rings is 1. The van der Waals surface area contributed by atoms with Crippen molar-refractivity contribution in [3.63, 3.8) is 0 Å². The smallest absolute Gasteiger partial charge is 0.272 e. The molecule has 2 unspecified atom stereocenters. The summed E-state index contributed by atoms with van der Waals surface area (Å²) in [5.74, 6) is 1.32. The number of amides is 1. The Bertz CT molecular complexity index is 1040. The van der Waals surface area contributed by atoms with Gasteiger partial charge in [-0.25, -0.2) is 0 Å². The largest absolute Gasteiger partial charge is 0.490 e. The number of benzene rings is 1. The van der Waals surface area contributed by atoms with Gasteiger partial charge in [0.2, 0.25) is 0 Å². The summed E-state index contributed by atoms with van der Waals surface area (Å²) in [7, 11) is 0. The average Bonchev–Trinajstić information content (AvgIpc) is 3.18. The van der Waals surface area contributed by atoms with Crippen LogP contribution in [-0.4, -0.2) is 53.4 Å². The maximum absolute atomic E-state index is 12.7. The number of aromatic nitrogens is 2. The third-order valence-corrected chi connectivity index (χ3v) is 7.11. The molecule has 1 saturated carbocycles. The van der Waals surface area contributed by atoms with Crippen LogP contribution < -0.4 is 20.3 Å². The minimum Gasteiger partial charge on any atom is -0.490 e. The van der Waals surface area contributed by atoms with E-state index in [4.69, 9.17) is 21.6 Å². The van der Waals surface area contributed by atoms with E-state index in [1.807, 2.05) is 12.1 Å². The molecule has 3 heterocycles. The maximum Gasteiger partial charge on any atom is 0.272 e. The molecule has 2 bridgehead atoms. The van der Waals surface area contributed by atoms with Gasteiger partial charge in [0.1, 0.15) is 11.8 Å². The molecule has 172 valence electrons.